The monoisotopic (exact) mass is 725 g/mol. The first-order valence-electron chi connectivity index (χ1n) is 10.5. The molecule has 0 radical (unpaired) electrons. The minimum atomic E-state index is -0.226. The summed E-state index contributed by atoms with van der Waals surface area (Å²) >= 11 is 14.0. The van der Waals surface area contributed by atoms with Crippen LogP contribution in [0.2, 0.25) is 0 Å². The van der Waals surface area contributed by atoms with Gasteiger partial charge < -0.3 is 9.47 Å². The quantitative estimate of drug-likeness (QED) is 0.185. The summed E-state index contributed by atoms with van der Waals surface area (Å²) in [4.78, 5) is 17.7. The number of halogens is 4. The Bertz CT molecular complexity index is 1500. The summed E-state index contributed by atoms with van der Waals surface area (Å²) in [7, 11) is 1.58. The highest BCUT2D eigenvalue weighted by atomic mass is 79.9. The maximum absolute atomic E-state index is 13.1. The molecular weight excluding hydrogens is 710 g/mol. The van der Waals surface area contributed by atoms with Crippen molar-refractivity contribution in [3.05, 3.63) is 93.7 Å². The van der Waals surface area contributed by atoms with Crippen LogP contribution in [-0.4, -0.2) is 23.0 Å². The normalized spacial score (nSPS) is 11.4. The van der Waals surface area contributed by atoms with E-state index in [0.29, 0.717) is 45.7 Å². The fraction of sp³-hybridized carbons (Fsp3) is 0.160. The van der Waals surface area contributed by atoms with Crippen LogP contribution >= 0.6 is 63.7 Å². The van der Waals surface area contributed by atoms with Crippen molar-refractivity contribution in [2.24, 2.45) is 5.10 Å². The van der Waals surface area contributed by atoms with E-state index in [1.807, 2.05) is 49.4 Å². The van der Waals surface area contributed by atoms with Gasteiger partial charge in [0.25, 0.3) is 5.56 Å². The summed E-state index contributed by atoms with van der Waals surface area (Å²) in [5, 5.41) is 4.96. The van der Waals surface area contributed by atoms with Crippen LogP contribution in [0, 0.1) is 0 Å². The van der Waals surface area contributed by atoms with Gasteiger partial charge in [0.05, 0.1) is 28.7 Å². The molecule has 0 fully saturated rings. The molecule has 0 aliphatic carbocycles. The van der Waals surface area contributed by atoms with Crippen molar-refractivity contribution in [3.63, 3.8) is 0 Å². The summed E-state index contributed by atoms with van der Waals surface area (Å²) in [6.07, 6.45) is 2.17. The van der Waals surface area contributed by atoms with Crippen LogP contribution in [0.1, 0.15) is 23.9 Å². The third-order valence-electron chi connectivity index (χ3n) is 5.15. The van der Waals surface area contributed by atoms with E-state index in [4.69, 9.17) is 9.47 Å². The summed E-state index contributed by atoms with van der Waals surface area (Å²) in [6.45, 7) is 2.29. The number of methoxy groups -OCH3 is 1. The topological polar surface area (TPSA) is 65.7 Å². The van der Waals surface area contributed by atoms with Gasteiger partial charge in [0.15, 0.2) is 11.5 Å². The van der Waals surface area contributed by atoms with Crippen molar-refractivity contribution in [1.82, 2.24) is 9.66 Å². The first-order valence-corrected chi connectivity index (χ1v) is 13.7. The summed E-state index contributed by atoms with van der Waals surface area (Å²) in [5.41, 5.74) is 2.14. The molecule has 6 nitrogen and oxygen atoms in total. The molecule has 180 valence electrons. The highest BCUT2D eigenvalue weighted by molar-refractivity contribution is 9.11. The van der Waals surface area contributed by atoms with Gasteiger partial charge in [-0.15, -0.1) is 0 Å². The number of rotatable bonds is 7. The molecule has 1 heterocycles. The predicted molar refractivity (Wildman–Crippen MR) is 153 cm³/mol. The molecular formula is C25H19Br4N3O3. The molecule has 0 atom stereocenters. The van der Waals surface area contributed by atoms with Crippen LogP contribution in [0.5, 0.6) is 11.5 Å². The van der Waals surface area contributed by atoms with Crippen molar-refractivity contribution < 1.29 is 9.47 Å². The zero-order valence-corrected chi connectivity index (χ0v) is 25.0. The van der Waals surface area contributed by atoms with Crippen LogP contribution in [0.15, 0.2) is 76.3 Å². The van der Waals surface area contributed by atoms with Crippen LogP contribution in [0.3, 0.4) is 0 Å². The number of aromatic nitrogens is 2. The van der Waals surface area contributed by atoms with Crippen molar-refractivity contribution >= 4 is 80.8 Å². The number of hydrogen-bond donors (Lipinski definition) is 0. The van der Waals surface area contributed by atoms with E-state index in [-0.39, 0.29) is 5.56 Å². The van der Waals surface area contributed by atoms with E-state index in [9.17, 15) is 4.79 Å². The van der Waals surface area contributed by atoms with Gasteiger partial charge in [0.1, 0.15) is 12.4 Å². The Morgan fingerprint density at radius 2 is 1.74 bits per heavy atom. The van der Waals surface area contributed by atoms with Gasteiger partial charge in [-0.05, 0) is 64.0 Å². The van der Waals surface area contributed by atoms with Crippen LogP contribution in [0.4, 0.5) is 0 Å². The van der Waals surface area contributed by atoms with Crippen molar-refractivity contribution in [3.8, 4) is 11.5 Å². The van der Waals surface area contributed by atoms with E-state index in [0.717, 1.165) is 24.5 Å². The number of fused-ring (bicyclic) bond motifs is 1. The molecule has 0 amide bonds. The molecule has 4 aromatic rings. The molecule has 0 saturated heterocycles. The lowest BCUT2D eigenvalue weighted by Crippen LogP contribution is -2.22. The van der Waals surface area contributed by atoms with Crippen LogP contribution in [-0.2, 0) is 13.0 Å². The Kier molecular flexibility index (Phi) is 8.46. The standard InChI is InChI=1S/C25H19Br4N3O3/c1-3-23-31-21-7-6-16(26)10-18(21)25(33)32(23)30-12-14-8-20(29)24(22(9-14)34-2)35-13-15-4-5-17(27)11-19(15)28/h4-12H,3,13H2,1-2H3. The molecule has 0 N–H and O–H groups in total. The Hall–Kier alpha value is -2.01. The SMILES string of the molecule is CCc1nc2ccc(Br)cc2c(=O)n1N=Cc1cc(Br)c(OCc2ccc(Br)cc2Br)c(OC)c1. The molecule has 0 spiro atoms. The number of hydrogen-bond acceptors (Lipinski definition) is 5. The lowest BCUT2D eigenvalue weighted by molar-refractivity contribution is 0.282. The van der Waals surface area contributed by atoms with Crippen LogP contribution in [0.25, 0.3) is 10.9 Å². The van der Waals surface area contributed by atoms with Gasteiger partial charge >= 0.3 is 0 Å². The predicted octanol–water partition coefficient (Wildman–Crippen LogP) is 7.48. The number of ether oxygens (including phenoxy) is 2. The zero-order valence-electron chi connectivity index (χ0n) is 18.7. The summed E-state index contributed by atoms with van der Waals surface area (Å²) < 4.78 is 16.4. The molecule has 4 rings (SSSR count). The summed E-state index contributed by atoms with van der Waals surface area (Å²) in [5.74, 6) is 1.69. The molecule has 35 heavy (non-hydrogen) atoms. The molecule has 0 aliphatic rings. The average molecular weight is 729 g/mol. The minimum absolute atomic E-state index is 0.226. The van der Waals surface area contributed by atoms with Crippen molar-refractivity contribution in [2.75, 3.05) is 7.11 Å². The molecule has 10 heteroatoms. The third kappa shape index (κ3) is 5.87. The van der Waals surface area contributed by atoms with E-state index in [1.54, 1.807) is 19.4 Å². The second-order valence-electron chi connectivity index (χ2n) is 7.46. The van der Waals surface area contributed by atoms with E-state index >= 15 is 0 Å². The molecule has 0 unspecified atom stereocenters. The lowest BCUT2D eigenvalue weighted by Gasteiger charge is -2.14. The number of aryl methyl sites for hydroxylation is 1. The highest BCUT2D eigenvalue weighted by Crippen LogP contribution is 2.37. The first kappa shape index (κ1) is 26.1. The average Bonchev–Trinajstić information content (AvgIpc) is 2.83. The number of nitrogens with zero attached hydrogens (tertiary/aromatic N) is 3. The van der Waals surface area contributed by atoms with Crippen molar-refractivity contribution in [2.45, 2.75) is 20.0 Å². The van der Waals surface area contributed by atoms with Crippen molar-refractivity contribution in [1.29, 1.82) is 0 Å². The molecule has 3 aromatic carbocycles. The Morgan fingerprint density at radius 1 is 1.00 bits per heavy atom. The number of benzene rings is 3. The largest absolute Gasteiger partial charge is 0.493 e. The van der Waals surface area contributed by atoms with Gasteiger partial charge in [0, 0.05) is 25.4 Å². The fourth-order valence-electron chi connectivity index (χ4n) is 3.41. The molecule has 0 aliphatic heterocycles. The highest BCUT2D eigenvalue weighted by Gasteiger charge is 2.14. The Morgan fingerprint density at radius 3 is 2.46 bits per heavy atom. The maximum Gasteiger partial charge on any atom is 0.282 e. The van der Waals surface area contributed by atoms with E-state index < -0.39 is 0 Å². The smallest absolute Gasteiger partial charge is 0.282 e. The fourth-order valence-corrected chi connectivity index (χ4v) is 5.51. The van der Waals surface area contributed by atoms with Gasteiger partial charge in [0.2, 0.25) is 0 Å². The molecule has 0 saturated carbocycles. The van der Waals surface area contributed by atoms with Gasteiger partial charge in [-0.1, -0.05) is 60.8 Å². The van der Waals surface area contributed by atoms with Gasteiger partial charge in [-0.3, -0.25) is 4.79 Å². The zero-order chi connectivity index (χ0) is 25.1. The molecule has 1 aromatic heterocycles. The third-order valence-corrected chi connectivity index (χ3v) is 7.47. The second kappa shape index (κ2) is 11.4. The van der Waals surface area contributed by atoms with Gasteiger partial charge in [-0.2, -0.15) is 9.78 Å². The Labute approximate surface area is 235 Å². The first-order chi connectivity index (χ1) is 16.8. The van der Waals surface area contributed by atoms with Crippen LogP contribution < -0.4 is 15.0 Å². The lowest BCUT2D eigenvalue weighted by atomic mass is 10.2. The summed E-state index contributed by atoms with van der Waals surface area (Å²) in [6, 6.07) is 15.0. The van der Waals surface area contributed by atoms with E-state index in [2.05, 4.69) is 73.8 Å². The molecule has 0 bridgehead atoms. The second-order valence-corrected chi connectivity index (χ2v) is 11.0. The maximum atomic E-state index is 13.1. The Balaban J connectivity index is 1.66. The van der Waals surface area contributed by atoms with Gasteiger partial charge in [-0.25, -0.2) is 4.98 Å². The minimum Gasteiger partial charge on any atom is -0.493 e. The van der Waals surface area contributed by atoms with E-state index in [1.165, 1.54) is 4.68 Å².